The monoisotopic (exact) mass is 363 g/mol. The number of amides is 1. The topological polar surface area (TPSA) is 52.3 Å². The van der Waals surface area contributed by atoms with Crippen LogP contribution in [0.2, 0.25) is 0 Å². The predicted molar refractivity (Wildman–Crippen MR) is 93.5 cm³/mol. The lowest BCUT2D eigenvalue weighted by molar-refractivity contribution is -0.118. The second-order valence-corrected chi connectivity index (χ2v) is 6.74. The summed E-state index contributed by atoms with van der Waals surface area (Å²) in [5, 5.41) is 2.42. The van der Waals surface area contributed by atoms with Crippen molar-refractivity contribution in [1.82, 2.24) is 0 Å². The van der Waals surface area contributed by atoms with Gasteiger partial charge in [0.05, 0.1) is 12.7 Å². The number of rotatable bonds is 7. The number of carbonyl (C=O) groups excluding carboxylic acids is 1. The van der Waals surface area contributed by atoms with Crippen LogP contribution < -0.4 is 5.73 Å². The number of hydrogen-bond acceptors (Lipinski definition) is 2. The predicted octanol–water partition coefficient (Wildman–Crippen LogP) is 4.41. The summed E-state index contributed by atoms with van der Waals surface area (Å²) in [7, 11) is 0. The number of ether oxygens (including phenoxy) is 1. The van der Waals surface area contributed by atoms with E-state index < -0.39 is 0 Å². The minimum absolute atomic E-state index is 0.0950. The first kappa shape index (κ1) is 17.0. The Kier molecular flexibility index (Phi) is 5.98. The van der Waals surface area contributed by atoms with Gasteiger partial charge in [-0.2, -0.15) is 0 Å². The minimum atomic E-state index is -0.251. The highest BCUT2D eigenvalue weighted by Crippen LogP contribution is 2.22. The molecule has 0 aliphatic rings. The van der Waals surface area contributed by atoms with Gasteiger partial charge in [-0.3, -0.25) is 4.79 Å². The van der Waals surface area contributed by atoms with Gasteiger partial charge in [-0.05, 0) is 53.8 Å². The van der Waals surface area contributed by atoms with Crippen LogP contribution in [0.5, 0.6) is 0 Å². The van der Waals surface area contributed by atoms with Crippen LogP contribution in [-0.4, -0.2) is 12.0 Å². The molecule has 0 unspecified atom stereocenters. The van der Waals surface area contributed by atoms with E-state index in [-0.39, 0.29) is 12.0 Å². The SMILES string of the molecule is C[C@@H](CCC(N)=O)[C@@H](C)OCc1ccc2ccc(Br)cc2c1. The second kappa shape index (κ2) is 7.75. The highest BCUT2D eigenvalue weighted by molar-refractivity contribution is 9.10. The average molecular weight is 364 g/mol. The molecule has 1 amide bonds. The molecule has 0 fully saturated rings. The van der Waals surface area contributed by atoms with Gasteiger partial charge in [0.1, 0.15) is 0 Å². The Hall–Kier alpha value is -1.39. The van der Waals surface area contributed by atoms with E-state index in [0.29, 0.717) is 18.9 Å². The molecule has 2 aromatic carbocycles. The van der Waals surface area contributed by atoms with Crippen molar-refractivity contribution in [1.29, 1.82) is 0 Å². The molecule has 0 aliphatic carbocycles. The Labute approximate surface area is 140 Å². The maximum absolute atomic E-state index is 10.8. The number of benzene rings is 2. The molecule has 0 aliphatic heterocycles. The summed E-state index contributed by atoms with van der Waals surface area (Å²) in [6.07, 6.45) is 1.28. The van der Waals surface area contributed by atoms with Gasteiger partial charge in [0.25, 0.3) is 0 Å². The molecule has 2 rings (SSSR count). The molecule has 0 heterocycles. The van der Waals surface area contributed by atoms with Crippen molar-refractivity contribution in [2.75, 3.05) is 0 Å². The fraction of sp³-hybridized carbons (Fsp3) is 0.389. The van der Waals surface area contributed by atoms with Gasteiger partial charge in [0.2, 0.25) is 5.91 Å². The van der Waals surface area contributed by atoms with E-state index in [1.807, 2.05) is 13.0 Å². The molecule has 118 valence electrons. The van der Waals surface area contributed by atoms with Gasteiger partial charge in [-0.15, -0.1) is 0 Å². The summed E-state index contributed by atoms with van der Waals surface area (Å²) in [5.41, 5.74) is 6.34. The molecular weight excluding hydrogens is 342 g/mol. The molecule has 22 heavy (non-hydrogen) atoms. The Morgan fingerprint density at radius 2 is 1.91 bits per heavy atom. The molecule has 0 aromatic heterocycles. The second-order valence-electron chi connectivity index (χ2n) is 5.82. The van der Waals surface area contributed by atoms with E-state index in [9.17, 15) is 4.79 Å². The molecule has 0 saturated carbocycles. The van der Waals surface area contributed by atoms with Crippen LogP contribution in [0.4, 0.5) is 0 Å². The summed E-state index contributed by atoms with van der Waals surface area (Å²) in [6, 6.07) is 12.6. The zero-order valence-electron chi connectivity index (χ0n) is 13.0. The normalized spacial score (nSPS) is 14.0. The zero-order chi connectivity index (χ0) is 16.1. The van der Waals surface area contributed by atoms with Crippen LogP contribution in [0.15, 0.2) is 40.9 Å². The number of carbonyl (C=O) groups is 1. The Bertz CT molecular complexity index is 657. The largest absolute Gasteiger partial charge is 0.374 e. The van der Waals surface area contributed by atoms with Gasteiger partial charge in [-0.1, -0.05) is 41.1 Å². The van der Waals surface area contributed by atoms with Gasteiger partial charge < -0.3 is 10.5 Å². The van der Waals surface area contributed by atoms with E-state index >= 15 is 0 Å². The quantitative estimate of drug-likeness (QED) is 0.791. The van der Waals surface area contributed by atoms with Crippen molar-refractivity contribution in [3.63, 3.8) is 0 Å². The molecule has 2 N–H and O–H groups in total. The molecule has 4 heteroatoms. The van der Waals surface area contributed by atoms with Crippen molar-refractivity contribution < 1.29 is 9.53 Å². The summed E-state index contributed by atoms with van der Waals surface area (Å²) in [6.45, 7) is 4.71. The average Bonchev–Trinajstić information content (AvgIpc) is 2.49. The summed E-state index contributed by atoms with van der Waals surface area (Å²) >= 11 is 3.50. The molecule has 0 radical (unpaired) electrons. The third-order valence-electron chi connectivity index (χ3n) is 4.03. The van der Waals surface area contributed by atoms with Crippen LogP contribution in [0.1, 0.15) is 32.3 Å². The molecule has 0 bridgehead atoms. The van der Waals surface area contributed by atoms with Crippen molar-refractivity contribution in [3.8, 4) is 0 Å². The first-order valence-corrected chi connectivity index (χ1v) is 8.33. The van der Waals surface area contributed by atoms with Crippen molar-refractivity contribution in [2.24, 2.45) is 11.7 Å². The van der Waals surface area contributed by atoms with E-state index in [1.54, 1.807) is 0 Å². The number of fused-ring (bicyclic) bond motifs is 1. The maximum Gasteiger partial charge on any atom is 0.217 e. The third kappa shape index (κ3) is 4.82. The van der Waals surface area contributed by atoms with Crippen molar-refractivity contribution in [2.45, 2.75) is 39.4 Å². The van der Waals surface area contributed by atoms with E-state index in [1.165, 1.54) is 10.8 Å². The van der Waals surface area contributed by atoms with E-state index in [0.717, 1.165) is 16.5 Å². The first-order chi connectivity index (χ1) is 10.5. The Morgan fingerprint density at radius 3 is 2.64 bits per heavy atom. The lowest BCUT2D eigenvalue weighted by atomic mass is 10.00. The molecular formula is C18H22BrNO2. The van der Waals surface area contributed by atoms with Gasteiger partial charge >= 0.3 is 0 Å². The fourth-order valence-corrected chi connectivity index (χ4v) is 2.73. The van der Waals surface area contributed by atoms with Crippen LogP contribution >= 0.6 is 15.9 Å². The zero-order valence-corrected chi connectivity index (χ0v) is 14.6. The summed E-state index contributed by atoms with van der Waals surface area (Å²) < 4.78 is 7.01. The lowest BCUT2D eigenvalue weighted by Crippen LogP contribution is -2.20. The number of halogens is 1. The van der Waals surface area contributed by atoms with E-state index in [4.69, 9.17) is 10.5 Å². The molecule has 2 atom stereocenters. The molecule has 2 aromatic rings. The summed E-state index contributed by atoms with van der Waals surface area (Å²) in [4.78, 5) is 10.8. The maximum atomic E-state index is 10.8. The van der Waals surface area contributed by atoms with Crippen LogP contribution in [0, 0.1) is 5.92 Å². The molecule has 3 nitrogen and oxygen atoms in total. The van der Waals surface area contributed by atoms with Gasteiger partial charge in [0, 0.05) is 10.9 Å². The first-order valence-electron chi connectivity index (χ1n) is 7.54. The highest BCUT2D eigenvalue weighted by Gasteiger charge is 2.13. The van der Waals surface area contributed by atoms with Gasteiger partial charge in [0.15, 0.2) is 0 Å². The van der Waals surface area contributed by atoms with Crippen molar-refractivity contribution >= 4 is 32.6 Å². The fourth-order valence-electron chi connectivity index (χ4n) is 2.35. The van der Waals surface area contributed by atoms with Crippen LogP contribution in [-0.2, 0) is 16.1 Å². The highest BCUT2D eigenvalue weighted by atomic mass is 79.9. The number of hydrogen-bond donors (Lipinski definition) is 1. The third-order valence-corrected chi connectivity index (χ3v) is 4.52. The molecule has 0 spiro atoms. The van der Waals surface area contributed by atoms with Crippen LogP contribution in [0.25, 0.3) is 10.8 Å². The number of primary amides is 1. The van der Waals surface area contributed by atoms with Crippen molar-refractivity contribution in [3.05, 3.63) is 46.4 Å². The Morgan fingerprint density at radius 1 is 1.18 bits per heavy atom. The lowest BCUT2D eigenvalue weighted by Gasteiger charge is -2.20. The minimum Gasteiger partial charge on any atom is -0.374 e. The number of nitrogens with two attached hydrogens (primary N) is 1. The smallest absolute Gasteiger partial charge is 0.217 e. The molecule has 0 saturated heterocycles. The standard InChI is InChI=1S/C18H22BrNO2/c1-12(3-8-18(20)21)13(2)22-11-14-4-5-15-6-7-17(19)10-16(15)9-14/h4-7,9-10,12-13H,3,8,11H2,1-2H3,(H2,20,21)/t12-,13+/m0/s1. The summed E-state index contributed by atoms with van der Waals surface area (Å²) in [5.74, 6) is 0.0567. The van der Waals surface area contributed by atoms with E-state index in [2.05, 4.69) is 53.2 Å². The van der Waals surface area contributed by atoms with Gasteiger partial charge in [-0.25, -0.2) is 0 Å². The van der Waals surface area contributed by atoms with Crippen LogP contribution in [0.3, 0.4) is 0 Å². The Balaban J connectivity index is 1.94.